The van der Waals surface area contributed by atoms with Crippen LogP contribution in [0.15, 0.2) is 50.5 Å². The number of hydrogen-bond donors (Lipinski definition) is 1. The second-order valence-corrected chi connectivity index (χ2v) is 24.9. The lowest BCUT2D eigenvalue weighted by Crippen LogP contribution is -2.27. The first kappa shape index (κ1) is 33.8. The maximum absolute atomic E-state index is 14.1. The summed E-state index contributed by atoms with van der Waals surface area (Å²) in [4.78, 5) is 32.1. The van der Waals surface area contributed by atoms with E-state index >= 15 is 0 Å². The third-order valence-electron chi connectivity index (χ3n) is 7.40. The molecule has 4 aromatic rings. The Labute approximate surface area is 260 Å². The van der Waals surface area contributed by atoms with E-state index in [4.69, 9.17) is 28.8 Å². The van der Waals surface area contributed by atoms with Crippen molar-refractivity contribution < 1.29 is 23.8 Å². The fourth-order valence-corrected chi connectivity index (χ4v) is 6.22. The van der Waals surface area contributed by atoms with E-state index < -0.39 is 16.1 Å². The zero-order valence-electron chi connectivity index (χ0n) is 27.0. The summed E-state index contributed by atoms with van der Waals surface area (Å²) in [6, 6.07) is 12.6. The average Bonchev–Trinajstić information content (AvgIpc) is 3.28. The lowest BCUT2D eigenvalue weighted by atomic mass is 10.1. The van der Waals surface area contributed by atoms with E-state index in [0.717, 1.165) is 18.5 Å². The Hall–Kier alpha value is -3.04. The molecule has 0 saturated carbocycles. The molecule has 10 nitrogen and oxygen atoms in total. The Bertz CT molecular complexity index is 1670. The fourth-order valence-electron chi connectivity index (χ4n) is 4.70. The normalized spacial score (nSPS) is 12.4. The molecular weight excluding hydrogens is 595 g/mol. The molecule has 2 aromatic carbocycles. The molecule has 0 bridgehead atoms. The zero-order valence-corrected chi connectivity index (χ0v) is 29.0. The molecule has 240 valence electrons. The minimum absolute atomic E-state index is 0.0529. The molecule has 0 atom stereocenters. The molecule has 0 fully saturated rings. The standard InChI is InChI=1S/C32H47N3O7Si2/c1-43(2,3)20-18-39-22-34-26-14-11-15-27(41-23-40-19-21-44(4,5)6)29(26)33-28(32(34)38)24-12-10-13-25-30(24)42-35(31(25)37)16-8-7-9-17-36/h10-15,36H,7-9,16-23H2,1-6H3. The molecule has 0 aliphatic rings. The second kappa shape index (κ2) is 14.8. The van der Waals surface area contributed by atoms with E-state index in [2.05, 4.69) is 39.3 Å². The molecule has 4 rings (SSSR count). The Morgan fingerprint density at radius 1 is 0.864 bits per heavy atom. The van der Waals surface area contributed by atoms with Crippen molar-refractivity contribution in [3.8, 4) is 17.0 Å². The monoisotopic (exact) mass is 641 g/mol. The van der Waals surface area contributed by atoms with Crippen molar-refractivity contribution in [2.24, 2.45) is 0 Å². The predicted molar refractivity (Wildman–Crippen MR) is 180 cm³/mol. The van der Waals surface area contributed by atoms with Gasteiger partial charge in [-0.3, -0.25) is 14.2 Å². The summed E-state index contributed by atoms with van der Waals surface area (Å²) >= 11 is 0. The van der Waals surface area contributed by atoms with Gasteiger partial charge in [0.2, 0.25) is 0 Å². The van der Waals surface area contributed by atoms with Crippen LogP contribution in [0.1, 0.15) is 19.3 Å². The zero-order chi connectivity index (χ0) is 31.9. The number of hydrogen-bond acceptors (Lipinski definition) is 8. The van der Waals surface area contributed by atoms with Gasteiger partial charge in [0, 0.05) is 36.0 Å². The van der Waals surface area contributed by atoms with Crippen molar-refractivity contribution in [2.75, 3.05) is 26.6 Å². The predicted octanol–water partition coefficient (Wildman–Crippen LogP) is 6.14. The molecule has 12 heteroatoms. The molecule has 0 aliphatic carbocycles. The first-order valence-corrected chi connectivity index (χ1v) is 22.9. The number of aliphatic hydroxyl groups is 1. The Morgan fingerprint density at radius 2 is 1.57 bits per heavy atom. The Morgan fingerprint density at radius 3 is 2.27 bits per heavy atom. The van der Waals surface area contributed by atoms with E-state index in [0.29, 0.717) is 65.9 Å². The van der Waals surface area contributed by atoms with Gasteiger partial charge in [-0.25, -0.2) is 4.98 Å². The van der Waals surface area contributed by atoms with E-state index in [9.17, 15) is 9.59 Å². The molecule has 0 amide bonds. The van der Waals surface area contributed by atoms with Crippen molar-refractivity contribution >= 4 is 38.2 Å². The topological polar surface area (TPSA) is 118 Å². The van der Waals surface area contributed by atoms with Gasteiger partial charge in [-0.2, -0.15) is 4.74 Å². The van der Waals surface area contributed by atoms with Crippen LogP contribution < -0.4 is 15.9 Å². The summed E-state index contributed by atoms with van der Waals surface area (Å²) in [6.07, 6.45) is 2.12. The number of aromatic nitrogens is 3. The summed E-state index contributed by atoms with van der Waals surface area (Å²) in [6.45, 7) is 15.5. The molecule has 1 N–H and O–H groups in total. The minimum Gasteiger partial charge on any atom is -0.465 e. The molecular formula is C32H47N3O7Si2. The van der Waals surface area contributed by atoms with E-state index in [1.807, 2.05) is 18.2 Å². The van der Waals surface area contributed by atoms with E-state index in [1.165, 1.54) is 4.74 Å². The molecule has 2 aromatic heterocycles. The van der Waals surface area contributed by atoms with Gasteiger partial charge in [0.1, 0.15) is 23.7 Å². The number of aryl methyl sites for hydroxylation is 1. The van der Waals surface area contributed by atoms with Gasteiger partial charge < -0.3 is 23.8 Å². The minimum atomic E-state index is -1.33. The van der Waals surface area contributed by atoms with Crippen LogP contribution in [-0.2, 0) is 22.7 Å². The summed E-state index contributed by atoms with van der Waals surface area (Å²) in [7, 11) is -2.57. The van der Waals surface area contributed by atoms with Gasteiger partial charge in [-0.05, 0) is 55.6 Å². The first-order chi connectivity index (χ1) is 20.9. The SMILES string of the molecule is C[Si](C)(C)CCOCOc1cccc2c1nc(-c1cccc3c(=O)n(CCCCCO)oc13)c(=O)n2COCC[Si](C)(C)C. The van der Waals surface area contributed by atoms with Gasteiger partial charge in [0.15, 0.2) is 12.4 Å². The number of aliphatic hydroxyl groups excluding tert-OH is 1. The van der Waals surface area contributed by atoms with Gasteiger partial charge in [-0.1, -0.05) is 51.4 Å². The highest BCUT2D eigenvalue weighted by atomic mass is 28.3. The summed E-state index contributed by atoms with van der Waals surface area (Å²) < 4.78 is 26.8. The van der Waals surface area contributed by atoms with E-state index in [1.54, 1.807) is 22.8 Å². The average molecular weight is 642 g/mol. The van der Waals surface area contributed by atoms with Crippen LogP contribution in [-0.4, -0.2) is 62.2 Å². The second-order valence-electron chi connectivity index (χ2n) is 13.6. The molecule has 0 radical (unpaired) electrons. The third kappa shape index (κ3) is 8.78. The quantitative estimate of drug-likeness (QED) is 0.0830. The van der Waals surface area contributed by atoms with Crippen molar-refractivity contribution in [1.29, 1.82) is 0 Å². The highest BCUT2D eigenvalue weighted by Crippen LogP contribution is 2.29. The maximum atomic E-state index is 14.1. The van der Waals surface area contributed by atoms with Crippen LogP contribution in [0.2, 0.25) is 51.4 Å². The van der Waals surface area contributed by atoms with Gasteiger partial charge in [0.25, 0.3) is 11.1 Å². The molecule has 0 aliphatic heterocycles. The van der Waals surface area contributed by atoms with Crippen LogP contribution >= 0.6 is 0 Å². The number of nitrogens with zero attached hydrogens (tertiary/aromatic N) is 3. The van der Waals surface area contributed by atoms with Gasteiger partial charge in [0.05, 0.1) is 23.0 Å². The van der Waals surface area contributed by atoms with Crippen LogP contribution in [0.3, 0.4) is 0 Å². The first-order valence-electron chi connectivity index (χ1n) is 15.5. The summed E-state index contributed by atoms with van der Waals surface area (Å²) in [5.41, 5.74) is 1.35. The van der Waals surface area contributed by atoms with Crippen molar-refractivity contribution in [2.45, 2.75) is 83.9 Å². The fraction of sp³-hybridized carbons (Fsp3) is 0.531. The Balaban J connectivity index is 1.75. The number of ether oxygens (including phenoxy) is 3. The summed E-state index contributed by atoms with van der Waals surface area (Å²) in [5, 5.41) is 9.47. The van der Waals surface area contributed by atoms with Crippen molar-refractivity contribution in [1.82, 2.24) is 14.3 Å². The van der Waals surface area contributed by atoms with Gasteiger partial charge >= 0.3 is 0 Å². The highest BCUT2D eigenvalue weighted by Gasteiger charge is 2.22. The lowest BCUT2D eigenvalue weighted by Gasteiger charge is -2.18. The van der Waals surface area contributed by atoms with Crippen LogP contribution in [0.25, 0.3) is 33.3 Å². The molecule has 0 unspecified atom stereocenters. The number of unbranched alkanes of at least 4 members (excludes halogenated alkanes) is 2. The largest absolute Gasteiger partial charge is 0.465 e. The molecule has 0 saturated heterocycles. The van der Waals surface area contributed by atoms with Crippen molar-refractivity contribution in [3.05, 3.63) is 57.1 Å². The van der Waals surface area contributed by atoms with Crippen molar-refractivity contribution in [3.63, 3.8) is 0 Å². The lowest BCUT2D eigenvalue weighted by molar-refractivity contribution is 0.0228. The number of rotatable bonds is 17. The highest BCUT2D eigenvalue weighted by molar-refractivity contribution is 6.76. The van der Waals surface area contributed by atoms with Crippen LogP contribution in [0.4, 0.5) is 0 Å². The number of para-hydroxylation sites is 2. The summed E-state index contributed by atoms with van der Waals surface area (Å²) in [5.74, 6) is 0.489. The number of fused-ring (bicyclic) bond motifs is 2. The maximum Gasteiger partial charge on any atom is 0.290 e. The van der Waals surface area contributed by atoms with E-state index in [-0.39, 0.29) is 36.9 Å². The number of benzene rings is 2. The Kier molecular flexibility index (Phi) is 11.4. The smallest absolute Gasteiger partial charge is 0.290 e. The van der Waals surface area contributed by atoms with Crippen LogP contribution in [0.5, 0.6) is 5.75 Å². The molecule has 2 heterocycles. The molecule has 44 heavy (non-hydrogen) atoms. The van der Waals surface area contributed by atoms with Gasteiger partial charge in [-0.15, -0.1) is 0 Å². The van der Waals surface area contributed by atoms with Crippen LogP contribution in [0, 0.1) is 0 Å². The third-order valence-corrected chi connectivity index (χ3v) is 10.8. The molecule has 0 spiro atoms.